The van der Waals surface area contributed by atoms with Crippen molar-refractivity contribution in [1.29, 1.82) is 0 Å². The lowest BCUT2D eigenvalue weighted by Crippen LogP contribution is -2.63. The lowest BCUT2D eigenvalue weighted by Gasteiger charge is -2.68. The lowest BCUT2D eigenvalue weighted by molar-refractivity contribution is -0.202. The summed E-state index contributed by atoms with van der Waals surface area (Å²) >= 11 is 0. The van der Waals surface area contributed by atoms with Crippen LogP contribution < -0.4 is 0 Å². The first kappa shape index (κ1) is 23.9. The van der Waals surface area contributed by atoms with Crippen molar-refractivity contribution in [2.75, 3.05) is 6.61 Å². The second kappa shape index (κ2) is 7.32. The summed E-state index contributed by atoms with van der Waals surface area (Å²) in [5, 5.41) is 31.6. The molecule has 4 saturated carbocycles. The summed E-state index contributed by atoms with van der Waals surface area (Å²) in [5.74, 6) is 0.960. The van der Waals surface area contributed by atoms with E-state index in [4.69, 9.17) is 0 Å². The number of hydrogen-bond acceptors (Lipinski definition) is 3. The van der Waals surface area contributed by atoms with Crippen LogP contribution in [0.2, 0.25) is 0 Å². The summed E-state index contributed by atoms with van der Waals surface area (Å²) in [6, 6.07) is 0. The number of rotatable bonds is 2. The summed E-state index contributed by atoms with van der Waals surface area (Å²) in [4.78, 5) is 12.7. The molecule has 4 fully saturated rings. The Morgan fingerprint density at radius 3 is 2.27 bits per heavy atom. The highest BCUT2D eigenvalue weighted by Gasteiger charge is 2.66. The molecule has 0 saturated heterocycles. The minimum Gasteiger partial charge on any atom is -0.481 e. The standard InChI is InChI=1S/C29H46O4/c1-25(2)14-15-29(24(32)33)13-8-19-18(20(29)16-25)6-7-21-26(19,3)11-9-22-27(21,4)12-10-23(31)28(22,5)17-30/h6,19-23,30-31H,7-17H2,1-5H3,(H,32,33)/t19?,20-,21-,22+,23-,26-,27+,28+,29+/m0/s1. The molecule has 0 aromatic carbocycles. The minimum atomic E-state index is -0.565. The van der Waals surface area contributed by atoms with Gasteiger partial charge < -0.3 is 15.3 Å². The first-order valence-corrected chi connectivity index (χ1v) is 13.6. The topological polar surface area (TPSA) is 77.8 Å². The number of carboxylic acids is 1. The zero-order valence-corrected chi connectivity index (χ0v) is 21.5. The number of fused-ring (bicyclic) bond motifs is 7. The second-order valence-corrected chi connectivity index (χ2v) is 14.3. The van der Waals surface area contributed by atoms with Gasteiger partial charge in [0.1, 0.15) is 0 Å². The van der Waals surface area contributed by atoms with E-state index in [9.17, 15) is 20.1 Å². The Morgan fingerprint density at radius 1 is 0.909 bits per heavy atom. The van der Waals surface area contributed by atoms with Crippen molar-refractivity contribution < 1.29 is 20.1 Å². The molecular formula is C29H46O4. The van der Waals surface area contributed by atoms with Gasteiger partial charge in [-0.05, 0) is 104 Å². The molecule has 0 spiro atoms. The number of carboxylic acid groups (broad SMARTS) is 1. The molecule has 4 heteroatoms. The molecule has 0 bridgehead atoms. The van der Waals surface area contributed by atoms with Crippen molar-refractivity contribution in [2.24, 2.45) is 50.7 Å². The van der Waals surface area contributed by atoms with Crippen LogP contribution in [0.3, 0.4) is 0 Å². The summed E-state index contributed by atoms with van der Waals surface area (Å²) in [6.45, 7) is 11.8. The predicted molar refractivity (Wildman–Crippen MR) is 129 cm³/mol. The second-order valence-electron chi connectivity index (χ2n) is 14.3. The zero-order chi connectivity index (χ0) is 24.0. The zero-order valence-electron chi connectivity index (χ0n) is 21.5. The van der Waals surface area contributed by atoms with E-state index in [2.05, 4.69) is 40.7 Å². The van der Waals surface area contributed by atoms with Gasteiger partial charge in [0.2, 0.25) is 0 Å². The van der Waals surface area contributed by atoms with E-state index in [0.717, 1.165) is 64.2 Å². The fourth-order valence-electron chi connectivity index (χ4n) is 10.3. The van der Waals surface area contributed by atoms with Crippen LogP contribution in [0.25, 0.3) is 0 Å². The molecule has 3 N–H and O–H groups in total. The van der Waals surface area contributed by atoms with Gasteiger partial charge in [-0.2, -0.15) is 0 Å². The quantitative estimate of drug-likeness (QED) is 0.456. The van der Waals surface area contributed by atoms with Crippen LogP contribution in [-0.4, -0.2) is 34.0 Å². The van der Waals surface area contributed by atoms with Gasteiger partial charge in [-0.1, -0.05) is 46.3 Å². The van der Waals surface area contributed by atoms with Crippen molar-refractivity contribution in [2.45, 2.75) is 105 Å². The summed E-state index contributed by atoms with van der Waals surface area (Å²) < 4.78 is 0. The number of aliphatic hydroxyl groups excluding tert-OH is 2. The van der Waals surface area contributed by atoms with Crippen LogP contribution >= 0.6 is 0 Å². The summed E-state index contributed by atoms with van der Waals surface area (Å²) in [6.07, 6.45) is 11.7. The highest BCUT2D eigenvalue weighted by molar-refractivity contribution is 5.76. The van der Waals surface area contributed by atoms with Gasteiger partial charge in [-0.3, -0.25) is 4.79 Å². The Balaban J connectivity index is 1.55. The molecule has 0 aliphatic heterocycles. The van der Waals surface area contributed by atoms with E-state index in [-0.39, 0.29) is 28.8 Å². The van der Waals surface area contributed by atoms with Crippen LogP contribution in [0.5, 0.6) is 0 Å². The maximum Gasteiger partial charge on any atom is 0.310 e. The molecule has 0 aromatic rings. The van der Waals surface area contributed by atoms with E-state index in [1.165, 1.54) is 5.57 Å². The van der Waals surface area contributed by atoms with Gasteiger partial charge in [0, 0.05) is 5.41 Å². The van der Waals surface area contributed by atoms with Crippen molar-refractivity contribution in [1.82, 2.24) is 0 Å². The van der Waals surface area contributed by atoms with E-state index in [1.807, 2.05) is 0 Å². The molecule has 186 valence electrons. The predicted octanol–water partition coefficient (Wildman–Crippen LogP) is 5.82. The van der Waals surface area contributed by atoms with Gasteiger partial charge >= 0.3 is 5.97 Å². The van der Waals surface area contributed by atoms with Crippen molar-refractivity contribution in [3.05, 3.63) is 11.6 Å². The molecule has 5 aliphatic rings. The van der Waals surface area contributed by atoms with Crippen LogP contribution in [0.4, 0.5) is 0 Å². The molecule has 33 heavy (non-hydrogen) atoms. The number of aliphatic hydroxyl groups is 2. The highest BCUT2D eigenvalue weighted by atomic mass is 16.4. The maximum atomic E-state index is 12.7. The summed E-state index contributed by atoms with van der Waals surface area (Å²) in [7, 11) is 0. The third kappa shape index (κ3) is 3.05. The average molecular weight is 459 g/mol. The smallest absolute Gasteiger partial charge is 0.310 e. The van der Waals surface area contributed by atoms with Crippen molar-refractivity contribution in [3.8, 4) is 0 Å². The first-order valence-electron chi connectivity index (χ1n) is 13.6. The third-order valence-corrected chi connectivity index (χ3v) is 12.4. The Labute approximate surface area is 200 Å². The Bertz CT molecular complexity index is 862. The van der Waals surface area contributed by atoms with Crippen LogP contribution in [0.1, 0.15) is 98.8 Å². The largest absolute Gasteiger partial charge is 0.481 e. The Morgan fingerprint density at radius 2 is 1.61 bits per heavy atom. The fourth-order valence-corrected chi connectivity index (χ4v) is 10.3. The molecule has 0 heterocycles. The Kier molecular flexibility index (Phi) is 5.29. The molecule has 1 unspecified atom stereocenters. The molecule has 5 rings (SSSR count). The molecule has 4 nitrogen and oxygen atoms in total. The van der Waals surface area contributed by atoms with Crippen LogP contribution in [-0.2, 0) is 4.79 Å². The van der Waals surface area contributed by atoms with Gasteiger partial charge in [0.25, 0.3) is 0 Å². The van der Waals surface area contributed by atoms with Gasteiger partial charge in [-0.25, -0.2) is 0 Å². The first-order chi connectivity index (χ1) is 15.3. The number of aliphatic carboxylic acids is 1. The lowest BCUT2D eigenvalue weighted by atomic mass is 9.37. The van der Waals surface area contributed by atoms with E-state index >= 15 is 0 Å². The van der Waals surface area contributed by atoms with Gasteiger partial charge in [0.15, 0.2) is 0 Å². The SMILES string of the molecule is CC1(C)CC[C@]2(C(=O)O)CCC3C(=CC[C@@H]4[C@@]5(C)CC[C@H](O)[C@](C)(CO)[C@@H]5CC[C@@]34C)[C@@H]2C1. The molecule has 0 radical (unpaired) electrons. The number of allylic oxidation sites excluding steroid dienone is 2. The monoisotopic (exact) mass is 458 g/mol. The maximum absolute atomic E-state index is 12.7. The van der Waals surface area contributed by atoms with Crippen LogP contribution in [0, 0.1) is 50.7 Å². The minimum absolute atomic E-state index is 0.0562. The number of hydrogen-bond donors (Lipinski definition) is 3. The van der Waals surface area contributed by atoms with E-state index in [1.54, 1.807) is 0 Å². The number of carbonyl (C=O) groups is 1. The van der Waals surface area contributed by atoms with Gasteiger partial charge in [-0.15, -0.1) is 0 Å². The van der Waals surface area contributed by atoms with E-state index in [0.29, 0.717) is 17.8 Å². The van der Waals surface area contributed by atoms with Crippen molar-refractivity contribution >= 4 is 5.97 Å². The highest BCUT2D eigenvalue weighted by Crippen LogP contribution is 2.72. The normalized spacial score (nSPS) is 53.1. The fraction of sp³-hybridized carbons (Fsp3) is 0.897. The summed E-state index contributed by atoms with van der Waals surface area (Å²) in [5.41, 5.74) is 0.997. The molecule has 5 aliphatic carbocycles. The molecular weight excluding hydrogens is 412 g/mol. The van der Waals surface area contributed by atoms with Crippen LogP contribution in [0.15, 0.2) is 11.6 Å². The van der Waals surface area contributed by atoms with E-state index < -0.39 is 22.9 Å². The molecule has 0 aromatic heterocycles. The van der Waals surface area contributed by atoms with Crippen molar-refractivity contribution in [3.63, 3.8) is 0 Å². The Hall–Kier alpha value is -0.870. The molecule has 0 amide bonds. The average Bonchev–Trinajstić information content (AvgIpc) is 2.75. The van der Waals surface area contributed by atoms with Gasteiger partial charge in [0.05, 0.1) is 18.1 Å². The molecule has 9 atom stereocenters. The third-order valence-electron chi connectivity index (χ3n) is 12.4.